The number of nitrogens with zero attached hydrogens (tertiary/aromatic N) is 2. The lowest BCUT2D eigenvalue weighted by Gasteiger charge is -2.12. The van der Waals surface area contributed by atoms with Crippen molar-refractivity contribution < 1.29 is 4.79 Å². The monoisotopic (exact) mass is 351 g/mol. The van der Waals surface area contributed by atoms with E-state index in [1.807, 2.05) is 54.8 Å². The van der Waals surface area contributed by atoms with E-state index in [1.54, 1.807) is 12.1 Å². The van der Waals surface area contributed by atoms with E-state index in [2.05, 4.69) is 10.3 Å². The summed E-state index contributed by atoms with van der Waals surface area (Å²) in [5.41, 5.74) is 1.92. The number of amides is 1. The third-order valence-corrected chi connectivity index (χ3v) is 4.26. The lowest BCUT2D eigenvalue weighted by molar-refractivity contribution is -0.116. The number of hydrogen-bond donors (Lipinski definition) is 1. The zero-order chi connectivity index (χ0) is 17.6. The van der Waals surface area contributed by atoms with E-state index in [4.69, 9.17) is 0 Å². The van der Waals surface area contributed by atoms with Crippen LogP contribution < -0.4 is 10.9 Å². The van der Waals surface area contributed by atoms with Gasteiger partial charge in [0.05, 0.1) is 5.69 Å². The van der Waals surface area contributed by atoms with Gasteiger partial charge in [-0.15, -0.1) is 0 Å². The molecule has 0 spiro atoms. The molecule has 3 aromatic rings. The predicted molar refractivity (Wildman–Crippen MR) is 101 cm³/mol. The number of anilines is 1. The van der Waals surface area contributed by atoms with Crippen molar-refractivity contribution >= 4 is 23.4 Å². The fourth-order valence-corrected chi connectivity index (χ4v) is 2.97. The van der Waals surface area contributed by atoms with Crippen LogP contribution in [-0.4, -0.2) is 21.7 Å². The summed E-state index contributed by atoms with van der Waals surface area (Å²) in [6.45, 7) is -0.0774. The molecule has 1 N–H and O–H groups in total. The van der Waals surface area contributed by atoms with Crippen LogP contribution in [0.2, 0.25) is 0 Å². The number of benzene rings is 2. The van der Waals surface area contributed by atoms with Gasteiger partial charge < -0.3 is 5.32 Å². The first-order chi connectivity index (χ1) is 12.2. The smallest absolute Gasteiger partial charge is 0.255 e. The van der Waals surface area contributed by atoms with Crippen molar-refractivity contribution in [3.8, 4) is 11.3 Å². The number of para-hydroxylation sites is 1. The van der Waals surface area contributed by atoms with E-state index in [0.29, 0.717) is 16.5 Å². The Labute approximate surface area is 149 Å². The molecule has 5 nitrogen and oxygen atoms in total. The standard InChI is InChI=1S/C19H17N3O2S/c1-25-19-21-16(14-8-4-2-5-9-14)12-18(24)22(19)13-17(23)20-15-10-6-3-7-11-15/h2-12H,13H2,1H3,(H,20,23). The molecule has 1 heterocycles. The second-order valence-corrected chi connectivity index (χ2v) is 6.11. The van der Waals surface area contributed by atoms with Gasteiger partial charge in [0, 0.05) is 17.3 Å². The summed E-state index contributed by atoms with van der Waals surface area (Å²) in [6, 6.07) is 20.1. The number of aromatic nitrogens is 2. The number of rotatable bonds is 5. The second kappa shape index (κ2) is 7.81. The molecule has 1 amide bonds. The van der Waals surface area contributed by atoms with Crippen molar-refractivity contribution in [2.75, 3.05) is 11.6 Å². The molecule has 0 aliphatic heterocycles. The second-order valence-electron chi connectivity index (χ2n) is 5.33. The van der Waals surface area contributed by atoms with Crippen LogP contribution in [0.25, 0.3) is 11.3 Å². The molecular weight excluding hydrogens is 334 g/mol. The fraction of sp³-hybridized carbons (Fsp3) is 0.105. The Morgan fingerprint density at radius 1 is 1.08 bits per heavy atom. The fourth-order valence-electron chi connectivity index (χ4n) is 2.41. The highest BCUT2D eigenvalue weighted by molar-refractivity contribution is 7.98. The van der Waals surface area contributed by atoms with Crippen LogP contribution in [0.3, 0.4) is 0 Å². The normalized spacial score (nSPS) is 10.4. The van der Waals surface area contributed by atoms with Crippen molar-refractivity contribution in [2.24, 2.45) is 0 Å². The molecule has 0 fully saturated rings. The maximum atomic E-state index is 12.5. The van der Waals surface area contributed by atoms with Crippen LogP contribution in [0.1, 0.15) is 0 Å². The van der Waals surface area contributed by atoms with Gasteiger partial charge in [-0.05, 0) is 18.4 Å². The van der Waals surface area contributed by atoms with Crippen LogP contribution >= 0.6 is 11.8 Å². The predicted octanol–water partition coefficient (Wildman–Crippen LogP) is 3.27. The molecule has 0 bridgehead atoms. The highest BCUT2D eigenvalue weighted by atomic mass is 32.2. The first-order valence-electron chi connectivity index (χ1n) is 7.73. The number of thioether (sulfide) groups is 1. The van der Waals surface area contributed by atoms with Crippen LogP contribution in [-0.2, 0) is 11.3 Å². The summed E-state index contributed by atoms with van der Waals surface area (Å²) in [7, 11) is 0. The molecule has 0 saturated heterocycles. The molecule has 25 heavy (non-hydrogen) atoms. The van der Waals surface area contributed by atoms with Gasteiger partial charge in [0.15, 0.2) is 5.16 Å². The quantitative estimate of drug-likeness (QED) is 0.566. The summed E-state index contributed by atoms with van der Waals surface area (Å²) in [5, 5.41) is 3.29. The third kappa shape index (κ3) is 4.16. The molecule has 0 saturated carbocycles. The maximum absolute atomic E-state index is 12.5. The van der Waals surface area contributed by atoms with Crippen molar-refractivity contribution in [2.45, 2.75) is 11.7 Å². The van der Waals surface area contributed by atoms with Crippen molar-refractivity contribution in [3.05, 3.63) is 77.1 Å². The van der Waals surface area contributed by atoms with Crippen molar-refractivity contribution in [1.82, 2.24) is 9.55 Å². The van der Waals surface area contributed by atoms with Gasteiger partial charge in [-0.25, -0.2) is 4.98 Å². The Bertz CT molecular complexity index is 924. The lowest BCUT2D eigenvalue weighted by Crippen LogP contribution is -2.29. The Morgan fingerprint density at radius 2 is 1.72 bits per heavy atom. The zero-order valence-electron chi connectivity index (χ0n) is 13.7. The van der Waals surface area contributed by atoms with Gasteiger partial charge in [0.1, 0.15) is 6.54 Å². The zero-order valence-corrected chi connectivity index (χ0v) is 14.5. The number of hydrogen-bond acceptors (Lipinski definition) is 4. The largest absolute Gasteiger partial charge is 0.325 e. The highest BCUT2D eigenvalue weighted by Gasteiger charge is 2.13. The van der Waals surface area contributed by atoms with Gasteiger partial charge in [0.2, 0.25) is 5.91 Å². The summed E-state index contributed by atoms with van der Waals surface area (Å²) in [5.74, 6) is -0.266. The summed E-state index contributed by atoms with van der Waals surface area (Å²) < 4.78 is 1.38. The first kappa shape index (κ1) is 17.0. The molecule has 0 unspecified atom stereocenters. The molecule has 126 valence electrons. The summed E-state index contributed by atoms with van der Waals surface area (Å²) >= 11 is 1.34. The Balaban J connectivity index is 1.86. The Morgan fingerprint density at radius 3 is 2.36 bits per heavy atom. The molecule has 0 aliphatic carbocycles. The number of nitrogens with one attached hydrogen (secondary N) is 1. The van der Waals surface area contributed by atoms with Crippen LogP contribution in [0.5, 0.6) is 0 Å². The topological polar surface area (TPSA) is 64.0 Å². The molecular formula is C19H17N3O2S. The minimum absolute atomic E-state index is 0.0774. The summed E-state index contributed by atoms with van der Waals surface area (Å²) in [6.07, 6.45) is 1.84. The average molecular weight is 351 g/mol. The van der Waals surface area contributed by atoms with E-state index >= 15 is 0 Å². The van der Waals surface area contributed by atoms with E-state index in [-0.39, 0.29) is 18.0 Å². The SMILES string of the molecule is CSc1nc(-c2ccccc2)cc(=O)n1CC(=O)Nc1ccccc1. The van der Waals surface area contributed by atoms with E-state index in [9.17, 15) is 9.59 Å². The summed E-state index contributed by atoms with van der Waals surface area (Å²) in [4.78, 5) is 29.3. The van der Waals surface area contributed by atoms with Crippen molar-refractivity contribution in [1.29, 1.82) is 0 Å². The van der Waals surface area contributed by atoms with Gasteiger partial charge in [0.25, 0.3) is 5.56 Å². The number of carbonyl (C=O) groups is 1. The molecule has 1 aromatic heterocycles. The third-order valence-electron chi connectivity index (χ3n) is 3.58. The maximum Gasteiger partial charge on any atom is 0.255 e. The van der Waals surface area contributed by atoms with Crippen molar-refractivity contribution in [3.63, 3.8) is 0 Å². The van der Waals surface area contributed by atoms with Crippen LogP contribution in [0, 0.1) is 0 Å². The van der Waals surface area contributed by atoms with Crippen LogP contribution in [0.15, 0.2) is 76.7 Å². The first-order valence-corrected chi connectivity index (χ1v) is 8.96. The lowest BCUT2D eigenvalue weighted by atomic mass is 10.1. The molecule has 2 aromatic carbocycles. The molecule has 0 atom stereocenters. The minimum atomic E-state index is -0.266. The molecule has 0 aliphatic rings. The molecule has 3 rings (SSSR count). The highest BCUT2D eigenvalue weighted by Crippen LogP contribution is 2.18. The van der Waals surface area contributed by atoms with Gasteiger partial charge in [-0.2, -0.15) is 0 Å². The van der Waals surface area contributed by atoms with Gasteiger partial charge >= 0.3 is 0 Å². The minimum Gasteiger partial charge on any atom is -0.325 e. The van der Waals surface area contributed by atoms with E-state index in [1.165, 1.54) is 22.4 Å². The van der Waals surface area contributed by atoms with Gasteiger partial charge in [-0.3, -0.25) is 14.2 Å². The van der Waals surface area contributed by atoms with E-state index < -0.39 is 0 Å². The molecule has 6 heteroatoms. The van der Waals surface area contributed by atoms with Crippen LogP contribution in [0.4, 0.5) is 5.69 Å². The van der Waals surface area contributed by atoms with E-state index in [0.717, 1.165) is 5.56 Å². The molecule has 0 radical (unpaired) electrons. The average Bonchev–Trinajstić information content (AvgIpc) is 2.64. The van der Waals surface area contributed by atoms with Gasteiger partial charge in [-0.1, -0.05) is 60.3 Å². The Kier molecular flexibility index (Phi) is 5.30. The Hall–Kier alpha value is -2.86. The number of carbonyl (C=O) groups excluding carboxylic acids is 1.